The molecule has 0 aliphatic heterocycles. The summed E-state index contributed by atoms with van der Waals surface area (Å²) in [5.74, 6) is 0. The first-order chi connectivity index (χ1) is 5.41. The average molecular weight is 204 g/mol. The van der Waals surface area contributed by atoms with Crippen LogP contribution in [-0.4, -0.2) is 4.98 Å². The van der Waals surface area contributed by atoms with Crippen molar-refractivity contribution < 1.29 is 0 Å². The van der Waals surface area contributed by atoms with Crippen LogP contribution in [0.15, 0.2) is 12.3 Å². The molecule has 0 N–H and O–H groups in total. The van der Waals surface area contributed by atoms with Crippen molar-refractivity contribution in [3.8, 4) is 0 Å². The van der Waals surface area contributed by atoms with Crippen LogP contribution in [0, 0.1) is 0 Å². The van der Waals surface area contributed by atoms with Crippen molar-refractivity contribution in [1.82, 2.24) is 4.98 Å². The van der Waals surface area contributed by atoms with Gasteiger partial charge in [0.2, 0.25) is 0 Å². The molecule has 1 aromatic heterocycles. The van der Waals surface area contributed by atoms with Gasteiger partial charge in [-0.3, -0.25) is 0 Å². The summed E-state index contributed by atoms with van der Waals surface area (Å²) in [5.41, 5.74) is 1.17. The van der Waals surface area contributed by atoms with E-state index in [-0.39, 0.29) is 5.41 Å². The van der Waals surface area contributed by atoms with Gasteiger partial charge in [-0.1, -0.05) is 44.0 Å². The Bertz CT molecular complexity index is 289. The smallest absolute Gasteiger partial charge is 0.147 e. The molecule has 12 heavy (non-hydrogen) atoms. The van der Waals surface area contributed by atoms with Crippen LogP contribution >= 0.6 is 23.2 Å². The van der Waals surface area contributed by atoms with Crippen LogP contribution in [0.2, 0.25) is 10.2 Å². The van der Waals surface area contributed by atoms with Crippen molar-refractivity contribution in [2.45, 2.75) is 26.2 Å². The lowest BCUT2D eigenvalue weighted by molar-refractivity contribution is 0.587. The van der Waals surface area contributed by atoms with Crippen molar-refractivity contribution in [2.24, 2.45) is 0 Å². The first kappa shape index (κ1) is 9.82. The highest BCUT2D eigenvalue weighted by Crippen LogP contribution is 2.27. The SMILES string of the molecule is CC(C)(C)c1cnc(Cl)c(Cl)c1. The molecule has 0 bridgehead atoms. The van der Waals surface area contributed by atoms with Crippen LogP contribution in [0.1, 0.15) is 26.3 Å². The van der Waals surface area contributed by atoms with Gasteiger partial charge in [0.05, 0.1) is 5.02 Å². The van der Waals surface area contributed by atoms with Crippen LogP contribution in [0.5, 0.6) is 0 Å². The molecule has 0 saturated heterocycles. The van der Waals surface area contributed by atoms with Gasteiger partial charge in [-0.2, -0.15) is 0 Å². The molecule has 0 radical (unpaired) electrons. The first-order valence-corrected chi connectivity index (χ1v) is 4.48. The Kier molecular flexibility index (Phi) is 2.64. The van der Waals surface area contributed by atoms with Gasteiger partial charge < -0.3 is 0 Å². The van der Waals surface area contributed by atoms with E-state index in [0.29, 0.717) is 10.2 Å². The van der Waals surface area contributed by atoms with E-state index in [1.54, 1.807) is 6.20 Å². The van der Waals surface area contributed by atoms with Crippen molar-refractivity contribution in [3.05, 3.63) is 28.0 Å². The van der Waals surface area contributed by atoms with Crippen LogP contribution in [0.3, 0.4) is 0 Å². The van der Waals surface area contributed by atoms with E-state index in [4.69, 9.17) is 23.2 Å². The zero-order chi connectivity index (χ0) is 9.35. The Labute approximate surface area is 82.7 Å². The van der Waals surface area contributed by atoms with Gasteiger partial charge in [0.1, 0.15) is 5.15 Å². The van der Waals surface area contributed by atoms with Crippen LogP contribution in [-0.2, 0) is 5.41 Å². The van der Waals surface area contributed by atoms with Crippen molar-refractivity contribution in [1.29, 1.82) is 0 Å². The molecule has 0 aromatic carbocycles. The number of nitrogens with zero attached hydrogens (tertiary/aromatic N) is 1. The highest BCUT2D eigenvalue weighted by atomic mass is 35.5. The molecule has 1 rings (SSSR count). The maximum atomic E-state index is 5.83. The fraction of sp³-hybridized carbons (Fsp3) is 0.444. The third-order valence-corrected chi connectivity index (χ3v) is 2.35. The summed E-state index contributed by atoms with van der Waals surface area (Å²) in [4.78, 5) is 3.98. The maximum absolute atomic E-state index is 5.83. The van der Waals surface area contributed by atoms with E-state index in [2.05, 4.69) is 25.8 Å². The van der Waals surface area contributed by atoms with Crippen molar-refractivity contribution in [2.75, 3.05) is 0 Å². The summed E-state index contributed by atoms with van der Waals surface area (Å²) in [6, 6.07) is 1.86. The van der Waals surface area contributed by atoms with Crippen LogP contribution < -0.4 is 0 Å². The number of pyridine rings is 1. The second-order valence-electron chi connectivity index (χ2n) is 3.75. The van der Waals surface area contributed by atoms with E-state index in [1.165, 1.54) is 0 Å². The average Bonchev–Trinajstić information content (AvgIpc) is 1.92. The number of rotatable bonds is 0. The van der Waals surface area contributed by atoms with Gasteiger partial charge in [0.15, 0.2) is 0 Å². The number of hydrogen-bond donors (Lipinski definition) is 0. The molecule has 0 aliphatic rings. The zero-order valence-electron chi connectivity index (χ0n) is 7.36. The molecule has 0 atom stereocenters. The predicted octanol–water partition coefficient (Wildman–Crippen LogP) is 3.69. The third-order valence-electron chi connectivity index (χ3n) is 1.66. The summed E-state index contributed by atoms with van der Waals surface area (Å²) < 4.78 is 0. The standard InChI is InChI=1S/C9H11Cl2N/c1-9(2,3)6-4-7(10)8(11)12-5-6/h4-5H,1-3H3. The summed E-state index contributed by atoms with van der Waals surface area (Å²) in [5, 5.41) is 0.883. The topological polar surface area (TPSA) is 12.9 Å². The fourth-order valence-electron chi connectivity index (χ4n) is 0.831. The zero-order valence-corrected chi connectivity index (χ0v) is 8.87. The highest BCUT2D eigenvalue weighted by Gasteiger charge is 2.15. The molecule has 0 spiro atoms. The Balaban J connectivity index is 3.14. The largest absolute Gasteiger partial charge is 0.243 e. The lowest BCUT2D eigenvalue weighted by Gasteiger charge is -2.18. The van der Waals surface area contributed by atoms with Gasteiger partial charge >= 0.3 is 0 Å². The fourth-order valence-corrected chi connectivity index (χ4v) is 1.10. The molecular formula is C9H11Cl2N. The molecule has 3 heteroatoms. The Morgan fingerprint density at radius 3 is 2.25 bits per heavy atom. The minimum atomic E-state index is 0.0707. The summed E-state index contributed by atoms with van der Waals surface area (Å²) >= 11 is 11.5. The normalized spacial score (nSPS) is 11.8. The van der Waals surface area contributed by atoms with Gasteiger partial charge in [0.25, 0.3) is 0 Å². The van der Waals surface area contributed by atoms with Crippen molar-refractivity contribution in [3.63, 3.8) is 0 Å². The van der Waals surface area contributed by atoms with E-state index >= 15 is 0 Å². The molecule has 1 heterocycles. The van der Waals surface area contributed by atoms with Gasteiger partial charge in [-0.05, 0) is 17.0 Å². The lowest BCUT2D eigenvalue weighted by Crippen LogP contribution is -2.11. The number of aromatic nitrogens is 1. The molecule has 1 nitrogen and oxygen atoms in total. The van der Waals surface area contributed by atoms with Gasteiger partial charge in [-0.25, -0.2) is 4.98 Å². The third kappa shape index (κ3) is 2.11. The Morgan fingerprint density at radius 1 is 1.25 bits per heavy atom. The molecule has 0 aliphatic carbocycles. The van der Waals surface area contributed by atoms with E-state index in [1.807, 2.05) is 6.07 Å². The molecule has 0 unspecified atom stereocenters. The van der Waals surface area contributed by atoms with Gasteiger partial charge in [-0.15, -0.1) is 0 Å². The first-order valence-electron chi connectivity index (χ1n) is 3.73. The summed E-state index contributed by atoms with van der Waals surface area (Å²) in [7, 11) is 0. The minimum Gasteiger partial charge on any atom is -0.243 e. The number of hydrogen-bond acceptors (Lipinski definition) is 1. The van der Waals surface area contributed by atoms with E-state index in [0.717, 1.165) is 5.56 Å². The summed E-state index contributed by atoms with van der Waals surface area (Å²) in [6.45, 7) is 6.32. The summed E-state index contributed by atoms with van der Waals surface area (Å²) in [6.07, 6.45) is 1.76. The second kappa shape index (κ2) is 3.23. The molecule has 66 valence electrons. The minimum absolute atomic E-state index is 0.0707. The molecule has 0 amide bonds. The molecular weight excluding hydrogens is 193 g/mol. The Hall–Kier alpha value is -0.270. The van der Waals surface area contributed by atoms with Crippen LogP contribution in [0.4, 0.5) is 0 Å². The maximum Gasteiger partial charge on any atom is 0.147 e. The van der Waals surface area contributed by atoms with Crippen molar-refractivity contribution >= 4 is 23.2 Å². The molecule has 0 saturated carbocycles. The number of halogens is 2. The van der Waals surface area contributed by atoms with Crippen LogP contribution in [0.25, 0.3) is 0 Å². The second-order valence-corrected chi connectivity index (χ2v) is 4.51. The quantitative estimate of drug-likeness (QED) is 0.587. The Morgan fingerprint density at radius 2 is 1.83 bits per heavy atom. The molecule has 1 aromatic rings. The van der Waals surface area contributed by atoms with E-state index < -0.39 is 0 Å². The van der Waals surface area contributed by atoms with Gasteiger partial charge in [0, 0.05) is 6.20 Å². The predicted molar refractivity (Wildman–Crippen MR) is 53.0 cm³/mol. The van der Waals surface area contributed by atoms with E-state index in [9.17, 15) is 0 Å². The highest BCUT2D eigenvalue weighted by molar-refractivity contribution is 6.41. The molecule has 0 fully saturated rings. The lowest BCUT2D eigenvalue weighted by atomic mass is 9.88. The monoisotopic (exact) mass is 203 g/mol.